The van der Waals surface area contributed by atoms with Gasteiger partial charge in [-0.15, -0.1) is 11.3 Å². The fraction of sp³-hybridized carbons (Fsp3) is 0.571. The van der Waals surface area contributed by atoms with Crippen LogP contribution < -0.4 is 0 Å². The van der Waals surface area contributed by atoms with E-state index in [4.69, 9.17) is 5.11 Å². The number of aryl methyl sites for hydroxylation is 1. The van der Waals surface area contributed by atoms with Gasteiger partial charge in [0.15, 0.2) is 0 Å². The van der Waals surface area contributed by atoms with E-state index in [9.17, 15) is 0 Å². The second kappa shape index (κ2) is 3.68. The van der Waals surface area contributed by atoms with Crippen molar-refractivity contribution in [2.75, 3.05) is 0 Å². The van der Waals surface area contributed by atoms with Gasteiger partial charge in [-0.3, -0.25) is 0 Å². The van der Waals surface area contributed by atoms with Gasteiger partial charge in [0.05, 0.1) is 11.1 Å². The Bertz CT molecular complexity index is 172. The summed E-state index contributed by atoms with van der Waals surface area (Å²) in [7, 11) is 0. The summed E-state index contributed by atoms with van der Waals surface area (Å²) in [5.41, 5.74) is 0. The molecule has 3 heteroatoms. The topological polar surface area (TPSA) is 33.1 Å². The number of hydrogen-bond acceptors (Lipinski definition) is 3. The maximum atomic E-state index is 8.93. The van der Waals surface area contributed by atoms with E-state index >= 15 is 0 Å². The number of hydrogen-bond donors (Lipinski definition) is 1. The minimum Gasteiger partial charge on any atom is -0.393 e. The van der Waals surface area contributed by atoms with Crippen LogP contribution in [-0.4, -0.2) is 16.2 Å². The maximum Gasteiger partial charge on any atom is 0.0925 e. The molecule has 0 amide bonds. The van der Waals surface area contributed by atoms with Gasteiger partial charge in [0.2, 0.25) is 0 Å². The first-order valence-corrected chi connectivity index (χ1v) is 4.23. The summed E-state index contributed by atoms with van der Waals surface area (Å²) < 4.78 is 0. The highest BCUT2D eigenvalue weighted by Gasteiger charge is 1.98. The molecule has 0 spiro atoms. The molecule has 0 aromatic carbocycles. The quantitative estimate of drug-likeness (QED) is 0.720. The third kappa shape index (κ3) is 2.45. The normalized spacial score (nSPS) is 13.4. The van der Waals surface area contributed by atoms with Gasteiger partial charge in [0, 0.05) is 18.0 Å². The highest BCUT2D eigenvalue weighted by Crippen LogP contribution is 2.07. The number of aliphatic hydroxyl groups excluding tert-OH is 1. The van der Waals surface area contributed by atoms with Gasteiger partial charge in [-0.1, -0.05) is 0 Å². The zero-order valence-corrected chi connectivity index (χ0v) is 6.77. The Hall–Kier alpha value is -0.410. The standard InChI is InChI=1S/C7H11NOS/c1-6(9)2-3-7-8-4-5-10-7/h4-6,9H,2-3H2,1H3/t6-/m0/s1. The molecule has 0 aliphatic rings. The van der Waals surface area contributed by atoms with Gasteiger partial charge in [0.25, 0.3) is 0 Å². The lowest BCUT2D eigenvalue weighted by Gasteiger charge is -1.99. The molecule has 1 aromatic rings. The molecule has 1 atom stereocenters. The summed E-state index contributed by atoms with van der Waals surface area (Å²) in [5, 5.41) is 12.0. The van der Waals surface area contributed by atoms with Crippen molar-refractivity contribution in [1.29, 1.82) is 0 Å². The monoisotopic (exact) mass is 157 g/mol. The molecule has 10 heavy (non-hydrogen) atoms. The summed E-state index contributed by atoms with van der Waals surface area (Å²) in [6.07, 6.45) is 3.30. The van der Waals surface area contributed by atoms with Crippen molar-refractivity contribution >= 4 is 11.3 Å². The number of aliphatic hydroxyl groups is 1. The lowest BCUT2D eigenvalue weighted by Crippen LogP contribution is -2.00. The Labute approximate surface area is 64.5 Å². The molecule has 0 saturated heterocycles. The first-order chi connectivity index (χ1) is 4.79. The van der Waals surface area contributed by atoms with Crippen molar-refractivity contribution in [3.63, 3.8) is 0 Å². The molecule has 2 nitrogen and oxygen atoms in total. The predicted octanol–water partition coefficient (Wildman–Crippen LogP) is 1.46. The van der Waals surface area contributed by atoms with Crippen molar-refractivity contribution in [2.24, 2.45) is 0 Å². The molecule has 56 valence electrons. The van der Waals surface area contributed by atoms with Crippen molar-refractivity contribution in [1.82, 2.24) is 4.98 Å². The molecule has 1 heterocycles. The SMILES string of the molecule is C[C@H](O)CCc1nccs1. The van der Waals surface area contributed by atoms with E-state index in [-0.39, 0.29) is 6.10 Å². The first kappa shape index (κ1) is 7.69. The Morgan fingerprint density at radius 2 is 2.60 bits per heavy atom. The second-order valence-corrected chi connectivity index (χ2v) is 3.29. The van der Waals surface area contributed by atoms with Crippen LogP contribution in [0.5, 0.6) is 0 Å². The third-order valence-electron chi connectivity index (χ3n) is 1.26. The molecule has 0 aliphatic heterocycles. The van der Waals surface area contributed by atoms with Crippen LogP contribution >= 0.6 is 11.3 Å². The average molecular weight is 157 g/mol. The predicted molar refractivity (Wildman–Crippen MR) is 42.1 cm³/mol. The van der Waals surface area contributed by atoms with Crippen LogP contribution in [0.3, 0.4) is 0 Å². The summed E-state index contributed by atoms with van der Waals surface area (Å²) in [6.45, 7) is 1.80. The maximum absolute atomic E-state index is 8.93. The summed E-state index contributed by atoms with van der Waals surface area (Å²) in [5.74, 6) is 0. The zero-order chi connectivity index (χ0) is 7.40. The van der Waals surface area contributed by atoms with E-state index in [0.29, 0.717) is 0 Å². The Morgan fingerprint density at radius 1 is 1.80 bits per heavy atom. The second-order valence-electron chi connectivity index (χ2n) is 2.31. The van der Waals surface area contributed by atoms with Crippen LogP contribution in [0.2, 0.25) is 0 Å². The lowest BCUT2D eigenvalue weighted by molar-refractivity contribution is 0.185. The van der Waals surface area contributed by atoms with E-state index in [1.165, 1.54) is 0 Å². The average Bonchev–Trinajstić information content (AvgIpc) is 2.34. The van der Waals surface area contributed by atoms with E-state index in [0.717, 1.165) is 17.8 Å². The number of aromatic nitrogens is 1. The fourth-order valence-electron chi connectivity index (χ4n) is 0.709. The molecule has 0 bridgehead atoms. The zero-order valence-electron chi connectivity index (χ0n) is 5.95. The molecular weight excluding hydrogens is 146 g/mol. The highest BCUT2D eigenvalue weighted by molar-refractivity contribution is 7.09. The van der Waals surface area contributed by atoms with Gasteiger partial charge in [-0.25, -0.2) is 4.98 Å². The Morgan fingerprint density at radius 3 is 3.10 bits per heavy atom. The molecule has 0 radical (unpaired) electrons. The van der Waals surface area contributed by atoms with Gasteiger partial charge >= 0.3 is 0 Å². The van der Waals surface area contributed by atoms with Crippen LogP contribution in [-0.2, 0) is 6.42 Å². The largest absolute Gasteiger partial charge is 0.393 e. The summed E-state index contributed by atoms with van der Waals surface area (Å²) >= 11 is 1.64. The molecule has 0 unspecified atom stereocenters. The van der Waals surface area contributed by atoms with E-state index in [2.05, 4.69) is 4.98 Å². The van der Waals surface area contributed by atoms with Crippen LogP contribution in [0.4, 0.5) is 0 Å². The van der Waals surface area contributed by atoms with Crippen molar-refractivity contribution in [3.8, 4) is 0 Å². The van der Waals surface area contributed by atoms with Crippen LogP contribution in [0.1, 0.15) is 18.4 Å². The molecule has 1 N–H and O–H groups in total. The minimum absolute atomic E-state index is 0.205. The Kier molecular flexibility index (Phi) is 2.83. The summed E-state index contributed by atoms with van der Waals surface area (Å²) in [6, 6.07) is 0. The molecule has 1 rings (SSSR count). The molecule has 0 aliphatic carbocycles. The van der Waals surface area contributed by atoms with E-state index < -0.39 is 0 Å². The molecular formula is C7H11NOS. The lowest BCUT2D eigenvalue weighted by atomic mass is 10.2. The number of rotatable bonds is 3. The van der Waals surface area contributed by atoms with Crippen LogP contribution in [0, 0.1) is 0 Å². The van der Waals surface area contributed by atoms with Gasteiger partial charge < -0.3 is 5.11 Å². The molecule has 0 fully saturated rings. The number of nitrogens with zero attached hydrogens (tertiary/aromatic N) is 1. The van der Waals surface area contributed by atoms with Gasteiger partial charge in [0.1, 0.15) is 0 Å². The molecule has 0 saturated carbocycles. The number of thiazole rings is 1. The van der Waals surface area contributed by atoms with Crippen molar-refractivity contribution in [3.05, 3.63) is 16.6 Å². The first-order valence-electron chi connectivity index (χ1n) is 3.35. The summed E-state index contributed by atoms with van der Waals surface area (Å²) in [4.78, 5) is 4.10. The van der Waals surface area contributed by atoms with E-state index in [1.807, 2.05) is 5.38 Å². The molecule has 1 aromatic heterocycles. The fourth-order valence-corrected chi connectivity index (χ4v) is 1.35. The van der Waals surface area contributed by atoms with Crippen molar-refractivity contribution < 1.29 is 5.11 Å². The van der Waals surface area contributed by atoms with Gasteiger partial charge in [-0.05, 0) is 13.3 Å². The van der Waals surface area contributed by atoms with Gasteiger partial charge in [-0.2, -0.15) is 0 Å². The van der Waals surface area contributed by atoms with E-state index in [1.54, 1.807) is 24.5 Å². The smallest absolute Gasteiger partial charge is 0.0925 e. The minimum atomic E-state index is -0.205. The highest BCUT2D eigenvalue weighted by atomic mass is 32.1. The Balaban J connectivity index is 2.28. The van der Waals surface area contributed by atoms with Crippen LogP contribution in [0.15, 0.2) is 11.6 Å². The van der Waals surface area contributed by atoms with Crippen LogP contribution in [0.25, 0.3) is 0 Å². The third-order valence-corrected chi connectivity index (χ3v) is 2.10. The van der Waals surface area contributed by atoms with Crippen molar-refractivity contribution in [2.45, 2.75) is 25.9 Å².